The molecule has 0 radical (unpaired) electrons. The summed E-state index contributed by atoms with van der Waals surface area (Å²) in [7, 11) is 0. The summed E-state index contributed by atoms with van der Waals surface area (Å²) < 4.78 is 23.7. The molecule has 0 amide bonds. The number of H-pyrrole nitrogens is 1. The summed E-state index contributed by atoms with van der Waals surface area (Å²) in [6.07, 6.45) is -1.70. The van der Waals surface area contributed by atoms with Crippen LogP contribution >= 0.6 is 0 Å². The number of rotatable bonds is 4. The molecule has 2 aliphatic heterocycles. The van der Waals surface area contributed by atoms with Gasteiger partial charge in [0.05, 0.1) is 6.61 Å². The number of aromatic amines is 1. The van der Waals surface area contributed by atoms with Crippen LogP contribution in [0.1, 0.15) is 31.3 Å². The molecule has 0 saturated carbocycles. The number of benzene rings is 1. The lowest BCUT2D eigenvalue weighted by atomic mass is 10.1. The quantitative estimate of drug-likeness (QED) is 0.909. The van der Waals surface area contributed by atoms with Gasteiger partial charge in [-0.2, -0.15) is 5.21 Å². The van der Waals surface area contributed by atoms with Crippen molar-refractivity contribution in [2.24, 2.45) is 0 Å². The first-order valence-electron chi connectivity index (χ1n) is 7.52. The minimum Gasteiger partial charge on any atom is -0.367 e. The van der Waals surface area contributed by atoms with Gasteiger partial charge in [0.1, 0.15) is 12.2 Å². The van der Waals surface area contributed by atoms with E-state index in [0.717, 1.165) is 5.56 Å². The van der Waals surface area contributed by atoms with Crippen molar-refractivity contribution >= 4 is 0 Å². The average molecular weight is 318 g/mol. The molecule has 2 aliphatic rings. The first kappa shape index (κ1) is 14.7. The van der Waals surface area contributed by atoms with Gasteiger partial charge in [-0.25, -0.2) is 0 Å². The highest BCUT2D eigenvalue weighted by atomic mass is 16.8. The second-order valence-corrected chi connectivity index (χ2v) is 6.06. The molecule has 0 aliphatic carbocycles. The van der Waals surface area contributed by atoms with E-state index in [1.807, 2.05) is 44.2 Å². The second-order valence-electron chi connectivity index (χ2n) is 6.06. The van der Waals surface area contributed by atoms with Crippen LogP contribution < -0.4 is 0 Å². The molecule has 1 aromatic carbocycles. The maximum absolute atomic E-state index is 6.08. The molecule has 8 nitrogen and oxygen atoms in total. The Morgan fingerprint density at radius 3 is 2.78 bits per heavy atom. The fourth-order valence-electron chi connectivity index (χ4n) is 2.93. The van der Waals surface area contributed by atoms with Crippen LogP contribution in [0.25, 0.3) is 0 Å². The van der Waals surface area contributed by atoms with Crippen LogP contribution in [0.5, 0.6) is 0 Å². The lowest BCUT2D eigenvalue weighted by molar-refractivity contribution is -0.221. The van der Waals surface area contributed by atoms with Crippen LogP contribution in [-0.4, -0.2) is 44.9 Å². The number of aromatic nitrogens is 4. The highest BCUT2D eigenvalue weighted by Gasteiger charge is 2.56. The van der Waals surface area contributed by atoms with E-state index in [2.05, 4.69) is 20.6 Å². The van der Waals surface area contributed by atoms with E-state index in [4.69, 9.17) is 18.9 Å². The van der Waals surface area contributed by atoms with E-state index < -0.39 is 18.2 Å². The smallest absolute Gasteiger partial charge is 0.206 e. The second kappa shape index (κ2) is 5.64. The van der Waals surface area contributed by atoms with Gasteiger partial charge in [-0.15, -0.1) is 10.2 Å². The Balaban J connectivity index is 1.54. The van der Waals surface area contributed by atoms with Crippen molar-refractivity contribution in [2.45, 2.75) is 50.8 Å². The summed E-state index contributed by atoms with van der Waals surface area (Å²) in [5, 5.41) is 14.0. The third-order valence-corrected chi connectivity index (χ3v) is 3.89. The lowest BCUT2D eigenvalue weighted by Crippen LogP contribution is -2.34. The molecule has 4 atom stereocenters. The van der Waals surface area contributed by atoms with E-state index in [9.17, 15) is 0 Å². The predicted octanol–water partition coefficient (Wildman–Crippen LogP) is 1.33. The molecular weight excluding hydrogens is 300 g/mol. The summed E-state index contributed by atoms with van der Waals surface area (Å²) in [6.45, 7) is 4.15. The van der Waals surface area contributed by atoms with Crippen molar-refractivity contribution in [1.82, 2.24) is 20.6 Å². The molecule has 3 heterocycles. The third-order valence-electron chi connectivity index (χ3n) is 3.89. The van der Waals surface area contributed by atoms with Crippen molar-refractivity contribution in [3.8, 4) is 0 Å². The van der Waals surface area contributed by atoms with E-state index >= 15 is 0 Å². The zero-order chi connectivity index (χ0) is 15.9. The van der Waals surface area contributed by atoms with Gasteiger partial charge < -0.3 is 18.9 Å². The summed E-state index contributed by atoms with van der Waals surface area (Å²) >= 11 is 0. The summed E-state index contributed by atoms with van der Waals surface area (Å²) in [5.74, 6) is -0.270. The normalized spacial score (nSPS) is 32.1. The van der Waals surface area contributed by atoms with Crippen LogP contribution in [0.4, 0.5) is 0 Å². The third kappa shape index (κ3) is 2.86. The molecule has 0 unspecified atom stereocenters. The monoisotopic (exact) mass is 318 g/mol. The van der Waals surface area contributed by atoms with Crippen LogP contribution in [0.2, 0.25) is 0 Å². The van der Waals surface area contributed by atoms with Gasteiger partial charge in [-0.3, -0.25) is 0 Å². The largest absolute Gasteiger partial charge is 0.367 e. The fraction of sp³-hybridized carbons (Fsp3) is 0.533. The minimum atomic E-state index is -0.702. The zero-order valence-electron chi connectivity index (χ0n) is 12.9. The molecule has 8 heteroatoms. The summed E-state index contributed by atoms with van der Waals surface area (Å²) in [6, 6.07) is 9.93. The summed E-state index contributed by atoms with van der Waals surface area (Å²) in [4.78, 5) is 0. The average Bonchev–Trinajstić information content (AvgIpc) is 3.21. The maximum atomic E-state index is 6.08. The van der Waals surface area contributed by atoms with Gasteiger partial charge in [0.25, 0.3) is 0 Å². The molecule has 2 aromatic rings. The van der Waals surface area contributed by atoms with E-state index in [-0.39, 0.29) is 12.2 Å². The highest BCUT2D eigenvalue weighted by Crippen LogP contribution is 2.43. The van der Waals surface area contributed by atoms with Crippen molar-refractivity contribution < 1.29 is 18.9 Å². The van der Waals surface area contributed by atoms with E-state index in [0.29, 0.717) is 12.4 Å². The van der Waals surface area contributed by atoms with Crippen LogP contribution in [0, 0.1) is 0 Å². The number of fused-ring (bicyclic) bond motifs is 1. The van der Waals surface area contributed by atoms with Crippen molar-refractivity contribution in [1.29, 1.82) is 0 Å². The number of nitrogens with one attached hydrogen (secondary N) is 1. The van der Waals surface area contributed by atoms with Gasteiger partial charge in [-0.1, -0.05) is 35.5 Å². The minimum absolute atomic E-state index is 0.336. The highest BCUT2D eigenvalue weighted by molar-refractivity contribution is 5.13. The molecule has 4 rings (SSSR count). The van der Waals surface area contributed by atoms with Gasteiger partial charge in [0.2, 0.25) is 5.82 Å². The molecule has 23 heavy (non-hydrogen) atoms. The Labute approximate surface area is 133 Å². The topological polar surface area (TPSA) is 91.4 Å². The Morgan fingerprint density at radius 2 is 2.04 bits per heavy atom. The van der Waals surface area contributed by atoms with Crippen LogP contribution in [-0.2, 0) is 25.6 Å². The Hall–Kier alpha value is -1.87. The van der Waals surface area contributed by atoms with Gasteiger partial charge in [-0.05, 0) is 19.4 Å². The van der Waals surface area contributed by atoms with Gasteiger partial charge in [0.15, 0.2) is 18.2 Å². The fourth-order valence-corrected chi connectivity index (χ4v) is 2.93. The summed E-state index contributed by atoms with van der Waals surface area (Å²) in [5.41, 5.74) is 1.07. The van der Waals surface area contributed by atoms with Crippen molar-refractivity contribution in [3.05, 3.63) is 41.7 Å². The zero-order valence-corrected chi connectivity index (χ0v) is 12.9. The van der Waals surface area contributed by atoms with Crippen LogP contribution in [0.15, 0.2) is 30.3 Å². The Kier molecular flexibility index (Phi) is 3.61. The van der Waals surface area contributed by atoms with Crippen molar-refractivity contribution in [3.63, 3.8) is 0 Å². The number of hydrogen-bond acceptors (Lipinski definition) is 7. The molecule has 1 N–H and O–H groups in total. The van der Waals surface area contributed by atoms with Crippen LogP contribution in [0.3, 0.4) is 0 Å². The number of ether oxygens (including phenoxy) is 4. The van der Waals surface area contributed by atoms with Gasteiger partial charge >= 0.3 is 0 Å². The van der Waals surface area contributed by atoms with Crippen molar-refractivity contribution in [2.75, 3.05) is 0 Å². The lowest BCUT2D eigenvalue weighted by Gasteiger charge is -2.24. The molecule has 122 valence electrons. The maximum Gasteiger partial charge on any atom is 0.206 e. The van der Waals surface area contributed by atoms with E-state index in [1.165, 1.54) is 0 Å². The molecule has 1 aromatic heterocycles. The molecular formula is C15H18N4O4. The first-order chi connectivity index (χ1) is 11.1. The SMILES string of the molecule is CC1(C)O[C@H]2O[C@@H](c3nn[nH]n3)[C@@H](OCc3ccccc3)[C@H]2O1. The van der Waals surface area contributed by atoms with Gasteiger partial charge in [0, 0.05) is 0 Å². The first-order valence-corrected chi connectivity index (χ1v) is 7.52. The molecule has 2 saturated heterocycles. The standard InChI is InChI=1S/C15H18N4O4/c1-15(2)22-12-10(20-8-9-6-4-3-5-7-9)11(21-14(12)23-15)13-16-18-19-17-13/h3-7,10-12,14H,8H2,1-2H3,(H,16,17,18,19)/t10-,11-,12-,14-/m1/s1. The number of tetrazole rings is 1. The Morgan fingerprint density at radius 1 is 1.22 bits per heavy atom. The molecule has 2 fully saturated rings. The predicted molar refractivity (Wildman–Crippen MR) is 76.8 cm³/mol. The Bertz CT molecular complexity index is 649. The number of hydrogen-bond donors (Lipinski definition) is 1. The molecule has 0 bridgehead atoms. The number of nitrogens with zero attached hydrogens (tertiary/aromatic N) is 3. The van der Waals surface area contributed by atoms with E-state index in [1.54, 1.807) is 0 Å². The molecule has 0 spiro atoms.